The number of aromatic nitrogens is 2. The Hall–Kier alpha value is -2.19. The number of aromatic amines is 1. The van der Waals surface area contributed by atoms with Crippen LogP contribution in [0.1, 0.15) is 36.3 Å². The fraction of sp³-hybridized carbons (Fsp3) is 0.471. The van der Waals surface area contributed by atoms with Gasteiger partial charge >= 0.3 is 0 Å². The lowest BCUT2D eigenvalue weighted by molar-refractivity contribution is 0.0534. The molecule has 1 saturated heterocycles. The number of H-pyrrole nitrogens is 1. The van der Waals surface area contributed by atoms with Crippen LogP contribution in [0.3, 0.4) is 0 Å². The monoisotopic (exact) mass is 359 g/mol. The Kier molecular flexibility index (Phi) is 4.30. The molecule has 2 amide bonds. The van der Waals surface area contributed by atoms with Crippen LogP contribution in [0, 0.1) is 6.92 Å². The van der Waals surface area contributed by atoms with Crippen molar-refractivity contribution in [1.82, 2.24) is 25.3 Å². The predicted octanol–water partition coefficient (Wildman–Crippen LogP) is 1.02. The van der Waals surface area contributed by atoms with Gasteiger partial charge in [-0.2, -0.15) is 5.10 Å². The minimum atomic E-state index is -0.0414. The highest BCUT2D eigenvalue weighted by Crippen LogP contribution is 2.20. The summed E-state index contributed by atoms with van der Waals surface area (Å²) in [5, 5.41) is 10.5. The van der Waals surface area contributed by atoms with E-state index < -0.39 is 0 Å². The fourth-order valence-electron chi connectivity index (χ4n) is 3.37. The van der Waals surface area contributed by atoms with Crippen LogP contribution in [0.25, 0.3) is 0 Å². The van der Waals surface area contributed by atoms with Crippen molar-refractivity contribution in [2.45, 2.75) is 19.9 Å². The van der Waals surface area contributed by atoms with Crippen LogP contribution in [-0.2, 0) is 13.0 Å². The SMILES string of the molecule is Cc1ccc(C(=O)N2CCN(C(=O)c3n[nH]c4c3CNCC4)CC2)s1. The first-order valence-electron chi connectivity index (χ1n) is 8.55. The second kappa shape index (κ2) is 6.61. The quantitative estimate of drug-likeness (QED) is 0.839. The molecule has 0 bridgehead atoms. The standard InChI is InChI=1S/C17H21N5O2S/c1-11-2-3-14(25-11)16(23)21-6-8-22(9-7-21)17(24)15-12-10-18-5-4-13(12)19-20-15/h2-3,18H,4-10H2,1H3,(H,19,20). The number of carbonyl (C=O) groups is 2. The third-order valence-electron chi connectivity index (χ3n) is 4.81. The van der Waals surface area contributed by atoms with Gasteiger partial charge in [-0.25, -0.2) is 0 Å². The number of aryl methyl sites for hydroxylation is 1. The smallest absolute Gasteiger partial charge is 0.274 e. The zero-order valence-electron chi connectivity index (χ0n) is 14.2. The second-order valence-electron chi connectivity index (χ2n) is 6.45. The van der Waals surface area contributed by atoms with Crippen molar-refractivity contribution >= 4 is 23.2 Å². The lowest BCUT2D eigenvalue weighted by Crippen LogP contribution is -2.50. The van der Waals surface area contributed by atoms with Crippen LogP contribution < -0.4 is 5.32 Å². The van der Waals surface area contributed by atoms with Crippen LogP contribution in [-0.4, -0.2) is 64.5 Å². The zero-order chi connectivity index (χ0) is 17.4. The van der Waals surface area contributed by atoms with E-state index in [0.29, 0.717) is 38.4 Å². The first-order chi connectivity index (χ1) is 12.1. The number of nitrogens with zero attached hydrogens (tertiary/aromatic N) is 3. The highest BCUT2D eigenvalue weighted by molar-refractivity contribution is 7.13. The average Bonchev–Trinajstić information content (AvgIpc) is 3.27. The van der Waals surface area contributed by atoms with Crippen molar-refractivity contribution in [3.63, 3.8) is 0 Å². The summed E-state index contributed by atoms with van der Waals surface area (Å²) in [5.74, 6) is 0.0202. The molecule has 7 nitrogen and oxygen atoms in total. The first-order valence-corrected chi connectivity index (χ1v) is 9.37. The lowest BCUT2D eigenvalue weighted by Gasteiger charge is -2.34. The summed E-state index contributed by atoms with van der Waals surface area (Å²) in [7, 11) is 0. The molecule has 1 fully saturated rings. The molecule has 0 unspecified atom stereocenters. The van der Waals surface area contributed by atoms with E-state index in [1.165, 1.54) is 11.3 Å². The molecule has 0 aliphatic carbocycles. The third-order valence-corrected chi connectivity index (χ3v) is 5.80. The van der Waals surface area contributed by atoms with E-state index in [1.807, 2.05) is 24.0 Å². The number of fused-ring (bicyclic) bond motifs is 1. The molecular weight excluding hydrogens is 338 g/mol. The predicted molar refractivity (Wildman–Crippen MR) is 94.9 cm³/mol. The zero-order valence-corrected chi connectivity index (χ0v) is 15.0. The molecule has 2 aromatic rings. The Labute approximate surface area is 150 Å². The van der Waals surface area contributed by atoms with Crippen molar-refractivity contribution in [1.29, 1.82) is 0 Å². The van der Waals surface area contributed by atoms with E-state index >= 15 is 0 Å². The molecule has 0 atom stereocenters. The third kappa shape index (κ3) is 3.07. The number of rotatable bonds is 2. The summed E-state index contributed by atoms with van der Waals surface area (Å²) < 4.78 is 0. The maximum atomic E-state index is 12.8. The van der Waals surface area contributed by atoms with Gasteiger partial charge in [-0.15, -0.1) is 11.3 Å². The highest BCUT2D eigenvalue weighted by Gasteiger charge is 2.29. The normalized spacial score (nSPS) is 17.5. The van der Waals surface area contributed by atoms with Gasteiger partial charge in [0.2, 0.25) is 0 Å². The second-order valence-corrected chi connectivity index (χ2v) is 7.74. The van der Waals surface area contributed by atoms with E-state index in [1.54, 1.807) is 4.90 Å². The molecule has 132 valence electrons. The van der Waals surface area contributed by atoms with Gasteiger partial charge in [-0.1, -0.05) is 0 Å². The number of hydrogen-bond acceptors (Lipinski definition) is 5. The molecule has 0 spiro atoms. The lowest BCUT2D eigenvalue weighted by atomic mass is 10.1. The van der Waals surface area contributed by atoms with Gasteiger partial charge < -0.3 is 15.1 Å². The largest absolute Gasteiger partial charge is 0.334 e. The van der Waals surface area contributed by atoms with Crippen LogP contribution in [0.15, 0.2) is 12.1 Å². The molecule has 4 rings (SSSR count). The molecule has 2 N–H and O–H groups in total. The molecule has 2 aliphatic heterocycles. The molecule has 0 saturated carbocycles. The van der Waals surface area contributed by atoms with E-state index in [0.717, 1.165) is 34.0 Å². The topological polar surface area (TPSA) is 81.3 Å². The maximum Gasteiger partial charge on any atom is 0.274 e. The Balaban J connectivity index is 1.41. The van der Waals surface area contributed by atoms with Crippen molar-refractivity contribution in [3.05, 3.63) is 38.8 Å². The number of piperazine rings is 1. The first kappa shape index (κ1) is 16.3. The number of carbonyl (C=O) groups excluding carboxylic acids is 2. The summed E-state index contributed by atoms with van der Waals surface area (Å²) >= 11 is 1.52. The summed E-state index contributed by atoms with van der Waals surface area (Å²) in [6.45, 7) is 5.80. The van der Waals surface area contributed by atoms with E-state index in [9.17, 15) is 9.59 Å². The van der Waals surface area contributed by atoms with Gasteiger partial charge in [-0.05, 0) is 19.1 Å². The van der Waals surface area contributed by atoms with E-state index in [-0.39, 0.29) is 11.8 Å². The van der Waals surface area contributed by atoms with Gasteiger partial charge in [-0.3, -0.25) is 14.7 Å². The number of nitrogens with one attached hydrogen (secondary N) is 2. The molecule has 8 heteroatoms. The Morgan fingerprint density at radius 3 is 2.52 bits per heavy atom. The van der Waals surface area contributed by atoms with Crippen LogP contribution in [0.2, 0.25) is 0 Å². The Bertz CT molecular complexity index is 804. The van der Waals surface area contributed by atoms with Gasteiger partial charge in [0.1, 0.15) is 0 Å². The Morgan fingerprint density at radius 1 is 1.12 bits per heavy atom. The minimum absolute atomic E-state index is 0.0414. The van der Waals surface area contributed by atoms with Gasteiger partial charge in [0.05, 0.1) is 4.88 Å². The maximum absolute atomic E-state index is 12.8. The van der Waals surface area contributed by atoms with Crippen molar-refractivity contribution in [2.24, 2.45) is 0 Å². The van der Waals surface area contributed by atoms with E-state index in [4.69, 9.17) is 0 Å². The van der Waals surface area contributed by atoms with Crippen LogP contribution >= 0.6 is 11.3 Å². The Morgan fingerprint density at radius 2 is 1.84 bits per heavy atom. The molecule has 25 heavy (non-hydrogen) atoms. The number of thiophene rings is 1. The highest BCUT2D eigenvalue weighted by atomic mass is 32.1. The number of hydrogen-bond donors (Lipinski definition) is 2. The minimum Gasteiger partial charge on any atom is -0.334 e. The van der Waals surface area contributed by atoms with E-state index in [2.05, 4.69) is 15.5 Å². The number of amides is 2. The molecular formula is C17H21N5O2S. The van der Waals surface area contributed by atoms with Gasteiger partial charge in [0.25, 0.3) is 11.8 Å². The van der Waals surface area contributed by atoms with Crippen LogP contribution in [0.4, 0.5) is 0 Å². The van der Waals surface area contributed by atoms with Crippen LogP contribution in [0.5, 0.6) is 0 Å². The van der Waals surface area contributed by atoms with Gasteiger partial charge in [0.15, 0.2) is 5.69 Å². The summed E-state index contributed by atoms with van der Waals surface area (Å²) in [4.78, 5) is 30.8. The average molecular weight is 359 g/mol. The van der Waals surface area contributed by atoms with Crippen molar-refractivity contribution in [3.8, 4) is 0 Å². The fourth-order valence-corrected chi connectivity index (χ4v) is 4.21. The molecule has 2 aromatic heterocycles. The molecule has 4 heterocycles. The summed E-state index contributed by atoms with van der Waals surface area (Å²) in [5.41, 5.74) is 2.57. The van der Waals surface area contributed by atoms with Gasteiger partial charge in [0, 0.05) is 61.8 Å². The molecule has 2 aliphatic rings. The van der Waals surface area contributed by atoms with Crippen molar-refractivity contribution < 1.29 is 9.59 Å². The summed E-state index contributed by atoms with van der Waals surface area (Å²) in [6, 6.07) is 3.84. The molecule has 0 radical (unpaired) electrons. The van der Waals surface area contributed by atoms with Crippen molar-refractivity contribution in [2.75, 3.05) is 32.7 Å². The molecule has 0 aromatic carbocycles. The summed E-state index contributed by atoms with van der Waals surface area (Å²) in [6.07, 6.45) is 0.873.